The highest BCUT2D eigenvalue weighted by Crippen LogP contribution is 2.10. The van der Waals surface area contributed by atoms with Crippen molar-refractivity contribution < 1.29 is 9.90 Å². The van der Waals surface area contributed by atoms with Crippen molar-refractivity contribution in [3.8, 4) is 0 Å². The molecule has 4 nitrogen and oxygen atoms in total. The molecule has 4 N–H and O–H groups in total. The van der Waals surface area contributed by atoms with E-state index in [1.807, 2.05) is 37.3 Å². The van der Waals surface area contributed by atoms with Crippen molar-refractivity contribution in [3.63, 3.8) is 0 Å². The molecule has 0 aliphatic rings. The van der Waals surface area contributed by atoms with E-state index in [0.29, 0.717) is 6.42 Å². The standard InChI is InChI=1S/C13H20N2O2/c1-10(6-5-9-16)15-13(17)12(14)11-7-3-2-4-8-11/h2-4,7-8,10,12,16H,5-6,9,14H2,1H3,(H,15,17)/t10?,12-/m1/s1. The number of aliphatic hydroxyl groups is 1. The van der Waals surface area contributed by atoms with Crippen LogP contribution < -0.4 is 11.1 Å². The average Bonchev–Trinajstić information content (AvgIpc) is 2.36. The minimum absolute atomic E-state index is 0.0319. The second-order valence-corrected chi connectivity index (χ2v) is 4.16. The van der Waals surface area contributed by atoms with Crippen LogP contribution in [0.4, 0.5) is 0 Å². The smallest absolute Gasteiger partial charge is 0.241 e. The van der Waals surface area contributed by atoms with Gasteiger partial charge in [0.05, 0.1) is 0 Å². The van der Waals surface area contributed by atoms with Crippen LogP contribution in [0.15, 0.2) is 30.3 Å². The Balaban J connectivity index is 2.47. The first-order valence-corrected chi connectivity index (χ1v) is 5.87. The summed E-state index contributed by atoms with van der Waals surface area (Å²) in [6.45, 7) is 2.05. The molecule has 0 aromatic heterocycles. The zero-order valence-corrected chi connectivity index (χ0v) is 10.1. The minimum atomic E-state index is -0.632. The van der Waals surface area contributed by atoms with Gasteiger partial charge in [-0.15, -0.1) is 0 Å². The molecule has 94 valence electrons. The van der Waals surface area contributed by atoms with Crippen LogP contribution in [0.25, 0.3) is 0 Å². The average molecular weight is 236 g/mol. The third-order valence-electron chi connectivity index (χ3n) is 2.63. The van der Waals surface area contributed by atoms with E-state index in [1.165, 1.54) is 0 Å². The molecule has 0 aliphatic carbocycles. The lowest BCUT2D eigenvalue weighted by atomic mass is 10.1. The third-order valence-corrected chi connectivity index (χ3v) is 2.63. The number of nitrogens with two attached hydrogens (primary N) is 1. The Bertz CT molecular complexity index is 341. The molecule has 0 saturated heterocycles. The molecule has 0 fully saturated rings. The van der Waals surface area contributed by atoms with Gasteiger partial charge >= 0.3 is 0 Å². The van der Waals surface area contributed by atoms with E-state index in [-0.39, 0.29) is 18.6 Å². The molecule has 0 radical (unpaired) electrons. The van der Waals surface area contributed by atoms with E-state index >= 15 is 0 Å². The molecule has 2 atom stereocenters. The van der Waals surface area contributed by atoms with Gasteiger partial charge in [0.1, 0.15) is 6.04 Å². The Kier molecular flexibility index (Phi) is 5.66. The lowest BCUT2D eigenvalue weighted by Crippen LogP contribution is -2.39. The first-order valence-electron chi connectivity index (χ1n) is 5.87. The van der Waals surface area contributed by atoms with Gasteiger partial charge in [-0.2, -0.15) is 0 Å². The van der Waals surface area contributed by atoms with Crippen LogP contribution in [0.3, 0.4) is 0 Å². The van der Waals surface area contributed by atoms with Crippen molar-refractivity contribution in [1.82, 2.24) is 5.32 Å². The van der Waals surface area contributed by atoms with E-state index < -0.39 is 6.04 Å². The fraction of sp³-hybridized carbons (Fsp3) is 0.462. The van der Waals surface area contributed by atoms with Gasteiger partial charge in [-0.25, -0.2) is 0 Å². The Morgan fingerprint density at radius 1 is 1.41 bits per heavy atom. The Hall–Kier alpha value is -1.39. The van der Waals surface area contributed by atoms with E-state index in [4.69, 9.17) is 10.8 Å². The lowest BCUT2D eigenvalue weighted by molar-refractivity contribution is -0.123. The largest absolute Gasteiger partial charge is 0.396 e. The maximum absolute atomic E-state index is 11.8. The van der Waals surface area contributed by atoms with Crippen molar-refractivity contribution >= 4 is 5.91 Å². The summed E-state index contributed by atoms with van der Waals surface area (Å²) < 4.78 is 0. The zero-order chi connectivity index (χ0) is 12.7. The summed E-state index contributed by atoms with van der Waals surface area (Å²) in [6.07, 6.45) is 1.44. The number of benzene rings is 1. The van der Waals surface area contributed by atoms with Crippen LogP contribution in [-0.4, -0.2) is 23.7 Å². The van der Waals surface area contributed by atoms with Crippen LogP contribution in [0.2, 0.25) is 0 Å². The zero-order valence-electron chi connectivity index (χ0n) is 10.1. The molecule has 0 heterocycles. The van der Waals surface area contributed by atoms with Crippen LogP contribution in [-0.2, 0) is 4.79 Å². The van der Waals surface area contributed by atoms with Crippen molar-refractivity contribution in [2.75, 3.05) is 6.61 Å². The molecule has 1 unspecified atom stereocenters. The molecule has 0 bridgehead atoms. The maximum Gasteiger partial charge on any atom is 0.241 e. The van der Waals surface area contributed by atoms with Crippen molar-refractivity contribution in [2.24, 2.45) is 5.73 Å². The number of amides is 1. The second kappa shape index (κ2) is 7.04. The normalized spacial score (nSPS) is 14.1. The van der Waals surface area contributed by atoms with Gasteiger partial charge in [0.25, 0.3) is 0 Å². The second-order valence-electron chi connectivity index (χ2n) is 4.16. The highest BCUT2D eigenvalue weighted by molar-refractivity contribution is 5.83. The van der Waals surface area contributed by atoms with Gasteiger partial charge in [0.2, 0.25) is 5.91 Å². The predicted octanol–water partition coefficient (Wildman–Crippen LogP) is 0.964. The quantitative estimate of drug-likeness (QED) is 0.688. The van der Waals surface area contributed by atoms with Crippen LogP contribution >= 0.6 is 0 Å². The molecular weight excluding hydrogens is 216 g/mol. The number of hydrogen-bond acceptors (Lipinski definition) is 3. The first-order chi connectivity index (χ1) is 8.15. The molecule has 1 rings (SSSR count). The summed E-state index contributed by atoms with van der Waals surface area (Å²) in [7, 11) is 0. The molecule has 0 spiro atoms. The van der Waals surface area contributed by atoms with Crippen molar-refractivity contribution in [3.05, 3.63) is 35.9 Å². The van der Waals surface area contributed by atoms with Gasteiger partial charge in [-0.1, -0.05) is 30.3 Å². The fourth-order valence-electron chi connectivity index (χ4n) is 1.61. The molecule has 0 saturated carbocycles. The predicted molar refractivity (Wildman–Crippen MR) is 67.3 cm³/mol. The van der Waals surface area contributed by atoms with Gasteiger partial charge in [0.15, 0.2) is 0 Å². The fourth-order valence-corrected chi connectivity index (χ4v) is 1.61. The number of rotatable bonds is 6. The number of nitrogens with one attached hydrogen (secondary N) is 1. The first kappa shape index (κ1) is 13.7. The van der Waals surface area contributed by atoms with Gasteiger partial charge < -0.3 is 16.2 Å². The van der Waals surface area contributed by atoms with Crippen LogP contribution in [0, 0.1) is 0 Å². The Morgan fingerprint density at radius 2 is 2.06 bits per heavy atom. The maximum atomic E-state index is 11.8. The summed E-state index contributed by atoms with van der Waals surface area (Å²) in [4.78, 5) is 11.8. The summed E-state index contributed by atoms with van der Waals surface area (Å²) in [5.41, 5.74) is 6.66. The van der Waals surface area contributed by atoms with E-state index in [1.54, 1.807) is 0 Å². The third kappa shape index (κ3) is 4.54. The molecule has 1 aromatic rings. The topological polar surface area (TPSA) is 75.3 Å². The highest BCUT2D eigenvalue weighted by atomic mass is 16.2. The van der Waals surface area contributed by atoms with E-state index in [0.717, 1.165) is 12.0 Å². The number of hydrogen-bond donors (Lipinski definition) is 3. The summed E-state index contributed by atoms with van der Waals surface area (Å²) in [5.74, 6) is -0.179. The molecule has 0 aliphatic heterocycles. The molecule has 4 heteroatoms. The highest BCUT2D eigenvalue weighted by Gasteiger charge is 2.16. The van der Waals surface area contributed by atoms with E-state index in [9.17, 15) is 4.79 Å². The minimum Gasteiger partial charge on any atom is -0.396 e. The number of aliphatic hydroxyl groups excluding tert-OH is 1. The molecule has 1 aromatic carbocycles. The molecular formula is C13H20N2O2. The summed E-state index contributed by atoms with van der Waals surface area (Å²) in [6, 6.07) is 8.68. The molecule has 17 heavy (non-hydrogen) atoms. The summed E-state index contributed by atoms with van der Waals surface area (Å²) >= 11 is 0. The molecule has 1 amide bonds. The number of carbonyl (C=O) groups is 1. The van der Waals surface area contributed by atoms with Gasteiger partial charge in [-0.3, -0.25) is 4.79 Å². The monoisotopic (exact) mass is 236 g/mol. The summed E-state index contributed by atoms with van der Waals surface area (Å²) in [5, 5.41) is 11.5. The Morgan fingerprint density at radius 3 is 2.65 bits per heavy atom. The van der Waals surface area contributed by atoms with Crippen molar-refractivity contribution in [2.45, 2.75) is 31.8 Å². The van der Waals surface area contributed by atoms with Crippen molar-refractivity contribution in [1.29, 1.82) is 0 Å². The van der Waals surface area contributed by atoms with Crippen LogP contribution in [0.5, 0.6) is 0 Å². The SMILES string of the molecule is CC(CCCO)NC(=O)[C@H](N)c1ccccc1. The number of carbonyl (C=O) groups excluding carboxylic acids is 1. The van der Waals surface area contributed by atoms with Gasteiger partial charge in [0, 0.05) is 12.6 Å². The van der Waals surface area contributed by atoms with E-state index in [2.05, 4.69) is 5.32 Å². The van der Waals surface area contributed by atoms with Gasteiger partial charge in [-0.05, 0) is 25.3 Å². The van der Waals surface area contributed by atoms with Crippen LogP contribution in [0.1, 0.15) is 31.4 Å². The Labute approximate surface area is 102 Å². The lowest BCUT2D eigenvalue weighted by Gasteiger charge is -2.17.